The number of benzene rings is 1. The molecule has 0 amide bonds. The van der Waals surface area contributed by atoms with Crippen molar-refractivity contribution in [2.24, 2.45) is 11.8 Å². The Morgan fingerprint density at radius 3 is 2.77 bits per heavy atom. The molecule has 7 heteroatoms. The molecule has 1 aromatic carbocycles. The maximum Gasteiger partial charge on any atom is 0.339 e. The first-order chi connectivity index (χ1) is 15.2. The molecule has 3 aliphatic rings. The zero-order valence-corrected chi connectivity index (χ0v) is 17.2. The van der Waals surface area contributed by atoms with E-state index in [4.69, 9.17) is 9.15 Å². The Balaban J connectivity index is 1.22. The van der Waals surface area contributed by atoms with Crippen molar-refractivity contribution in [1.29, 1.82) is 0 Å². The van der Waals surface area contributed by atoms with Crippen molar-refractivity contribution in [2.75, 3.05) is 18.0 Å². The number of anilines is 1. The molecular formula is C24H25N3O4. The number of aliphatic hydroxyl groups is 1. The normalized spacial score (nSPS) is 27.3. The molecule has 0 spiro atoms. The van der Waals surface area contributed by atoms with E-state index in [-0.39, 0.29) is 11.7 Å². The molecule has 7 nitrogen and oxygen atoms in total. The molecule has 3 heterocycles. The lowest BCUT2D eigenvalue weighted by atomic mass is 9.78. The monoisotopic (exact) mass is 419 g/mol. The molecule has 2 aliphatic carbocycles. The van der Waals surface area contributed by atoms with Gasteiger partial charge in [-0.25, -0.2) is 9.78 Å². The predicted octanol–water partition coefficient (Wildman–Crippen LogP) is 2.73. The Morgan fingerprint density at radius 2 is 1.94 bits per heavy atom. The van der Waals surface area contributed by atoms with Gasteiger partial charge in [-0.1, -0.05) is 0 Å². The fourth-order valence-electron chi connectivity index (χ4n) is 5.67. The summed E-state index contributed by atoms with van der Waals surface area (Å²) < 4.78 is 11.8. The van der Waals surface area contributed by atoms with Crippen molar-refractivity contribution in [2.45, 2.75) is 44.3 Å². The van der Waals surface area contributed by atoms with Crippen molar-refractivity contribution in [1.82, 2.24) is 9.97 Å². The SMILES string of the molecule is O=c1oc2ccc(O[C@@H]3C[C@@H]4CN(c5cnccn5)C[C@@H]4C[C@H]3O)cc2c2c1CCC2. The number of hydrogen-bond donors (Lipinski definition) is 1. The highest BCUT2D eigenvalue weighted by Crippen LogP contribution is 2.39. The van der Waals surface area contributed by atoms with Gasteiger partial charge < -0.3 is 19.2 Å². The van der Waals surface area contributed by atoms with Crippen LogP contribution in [-0.2, 0) is 12.8 Å². The van der Waals surface area contributed by atoms with E-state index in [0.29, 0.717) is 17.4 Å². The fraction of sp³-hybridized carbons (Fsp3) is 0.458. The maximum atomic E-state index is 12.2. The van der Waals surface area contributed by atoms with Gasteiger partial charge in [-0.2, -0.15) is 0 Å². The van der Waals surface area contributed by atoms with Gasteiger partial charge in [0, 0.05) is 36.4 Å². The molecule has 1 saturated heterocycles. The van der Waals surface area contributed by atoms with Crippen LogP contribution in [0, 0.1) is 11.8 Å². The van der Waals surface area contributed by atoms with E-state index in [1.165, 1.54) is 0 Å². The van der Waals surface area contributed by atoms with Crippen LogP contribution in [0.4, 0.5) is 5.82 Å². The van der Waals surface area contributed by atoms with Gasteiger partial charge in [-0.3, -0.25) is 4.98 Å². The number of aryl methyl sites for hydroxylation is 1. The number of fused-ring (bicyclic) bond motifs is 4. The summed E-state index contributed by atoms with van der Waals surface area (Å²) >= 11 is 0. The Kier molecular flexibility index (Phi) is 4.45. The van der Waals surface area contributed by atoms with Crippen LogP contribution in [0.25, 0.3) is 11.0 Å². The Hall–Kier alpha value is -2.93. The molecule has 6 rings (SSSR count). The van der Waals surface area contributed by atoms with E-state index in [1.807, 2.05) is 18.2 Å². The zero-order valence-electron chi connectivity index (χ0n) is 17.2. The smallest absolute Gasteiger partial charge is 0.339 e. The minimum Gasteiger partial charge on any atom is -0.488 e. The van der Waals surface area contributed by atoms with E-state index < -0.39 is 6.10 Å². The standard InChI is InChI=1S/C24H25N3O4/c28-20-8-14-12-27(23-11-25-6-7-26-23)13-15(14)9-22(20)30-16-4-5-21-19(10-16)17-2-1-3-18(17)24(29)31-21/h4-7,10-11,14-15,20,22,28H,1-3,8-9,12-13H2/t14-,15+,20+,22+/m0/s1. The lowest BCUT2D eigenvalue weighted by Crippen LogP contribution is -2.42. The predicted molar refractivity (Wildman–Crippen MR) is 115 cm³/mol. The highest BCUT2D eigenvalue weighted by atomic mass is 16.5. The van der Waals surface area contributed by atoms with Crippen LogP contribution in [-0.4, -0.2) is 40.4 Å². The molecule has 31 heavy (non-hydrogen) atoms. The van der Waals surface area contributed by atoms with Crippen LogP contribution >= 0.6 is 0 Å². The van der Waals surface area contributed by atoms with Crippen molar-refractivity contribution >= 4 is 16.8 Å². The summed E-state index contributed by atoms with van der Waals surface area (Å²) in [5, 5.41) is 11.8. The van der Waals surface area contributed by atoms with Crippen molar-refractivity contribution in [3.05, 3.63) is 58.3 Å². The first-order valence-electron chi connectivity index (χ1n) is 11.1. The number of nitrogens with zero attached hydrogens (tertiary/aromatic N) is 3. The largest absolute Gasteiger partial charge is 0.488 e. The second kappa shape index (κ2) is 7.34. The molecule has 1 N–H and O–H groups in total. The molecule has 160 valence electrons. The van der Waals surface area contributed by atoms with Crippen LogP contribution in [0.2, 0.25) is 0 Å². The molecule has 2 fully saturated rings. The molecular weight excluding hydrogens is 394 g/mol. The second-order valence-electron chi connectivity index (χ2n) is 9.04. The summed E-state index contributed by atoms with van der Waals surface area (Å²) in [6.07, 6.45) is 8.65. The highest BCUT2D eigenvalue weighted by Gasteiger charge is 2.43. The Labute approximate surface area is 179 Å². The van der Waals surface area contributed by atoms with Gasteiger partial charge >= 0.3 is 5.63 Å². The number of hydrogen-bond acceptors (Lipinski definition) is 7. The van der Waals surface area contributed by atoms with Gasteiger partial charge in [0.1, 0.15) is 23.3 Å². The number of aliphatic hydroxyl groups excluding tert-OH is 1. The minimum atomic E-state index is -0.502. The molecule has 2 aromatic heterocycles. The van der Waals surface area contributed by atoms with Crippen LogP contribution in [0.15, 0.2) is 46.0 Å². The van der Waals surface area contributed by atoms with Gasteiger partial charge in [0.25, 0.3) is 0 Å². The zero-order chi connectivity index (χ0) is 20.9. The second-order valence-corrected chi connectivity index (χ2v) is 9.04. The molecule has 3 aromatic rings. The van der Waals surface area contributed by atoms with E-state index in [2.05, 4.69) is 14.9 Å². The van der Waals surface area contributed by atoms with Crippen molar-refractivity contribution in [3.8, 4) is 5.75 Å². The average Bonchev–Trinajstić information content (AvgIpc) is 3.43. The van der Waals surface area contributed by atoms with Gasteiger partial charge in [-0.15, -0.1) is 0 Å². The number of ether oxygens (including phenoxy) is 1. The minimum absolute atomic E-state index is 0.212. The number of aromatic nitrogens is 2. The lowest BCUT2D eigenvalue weighted by molar-refractivity contribution is -0.0231. The Morgan fingerprint density at radius 1 is 1.10 bits per heavy atom. The summed E-state index contributed by atoms with van der Waals surface area (Å²) in [4.78, 5) is 23.0. The van der Waals surface area contributed by atoms with Crippen molar-refractivity contribution in [3.63, 3.8) is 0 Å². The number of rotatable bonds is 3. The summed E-state index contributed by atoms with van der Waals surface area (Å²) in [6.45, 7) is 1.81. The van der Waals surface area contributed by atoms with Gasteiger partial charge in [0.2, 0.25) is 0 Å². The third-order valence-electron chi connectivity index (χ3n) is 7.19. The first kappa shape index (κ1) is 18.8. The quantitative estimate of drug-likeness (QED) is 0.653. The topological polar surface area (TPSA) is 88.7 Å². The van der Waals surface area contributed by atoms with Crippen LogP contribution in [0.3, 0.4) is 0 Å². The first-order valence-corrected chi connectivity index (χ1v) is 11.1. The van der Waals surface area contributed by atoms with E-state index in [1.54, 1.807) is 18.6 Å². The van der Waals surface area contributed by atoms with Gasteiger partial charge in [0.15, 0.2) is 0 Å². The third-order valence-corrected chi connectivity index (χ3v) is 7.19. The van der Waals surface area contributed by atoms with E-state index >= 15 is 0 Å². The average molecular weight is 419 g/mol. The summed E-state index contributed by atoms with van der Waals surface area (Å²) in [7, 11) is 0. The molecule has 4 atom stereocenters. The lowest BCUT2D eigenvalue weighted by Gasteiger charge is -2.35. The Bertz CT molecular complexity index is 1180. The highest BCUT2D eigenvalue weighted by molar-refractivity contribution is 5.83. The fourth-order valence-corrected chi connectivity index (χ4v) is 5.67. The summed E-state index contributed by atoms with van der Waals surface area (Å²) in [5.41, 5.74) is 2.30. The molecule has 0 bridgehead atoms. The van der Waals surface area contributed by atoms with E-state index in [0.717, 1.165) is 73.3 Å². The summed E-state index contributed by atoms with van der Waals surface area (Å²) in [6, 6.07) is 5.63. The van der Waals surface area contributed by atoms with E-state index in [9.17, 15) is 9.90 Å². The molecule has 0 radical (unpaired) electrons. The van der Waals surface area contributed by atoms with Crippen molar-refractivity contribution < 1.29 is 14.3 Å². The molecule has 1 aliphatic heterocycles. The third kappa shape index (κ3) is 3.28. The molecule has 1 saturated carbocycles. The van der Waals surface area contributed by atoms with Gasteiger partial charge in [-0.05, 0) is 67.7 Å². The maximum absolute atomic E-state index is 12.2. The van der Waals surface area contributed by atoms with Gasteiger partial charge in [0.05, 0.1) is 12.3 Å². The summed E-state index contributed by atoms with van der Waals surface area (Å²) in [5.74, 6) is 2.51. The van der Waals surface area contributed by atoms with Crippen LogP contribution < -0.4 is 15.3 Å². The van der Waals surface area contributed by atoms with Crippen LogP contribution in [0.1, 0.15) is 30.4 Å². The molecule has 0 unspecified atom stereocenters. The van der Waals surface area contributed by atoms with Crippen LogP contribution in [0.5, 0.6) is 5.75 Å².